The van der Waals surface area contributed by atoms with Gasteiger partial charge in [0.05, 0.1) is 25.1 Å². The summed E-state index contributed by atoms with van der Waals surface area (Å²) in [5.74, 6) is -0.284. The molecule has 2 heterocycles. The number of piperidine rings is 1. The number of hydrogen-bond acceptors (Lipinski definition) is 4. The van der Waals surface area contributed by atoms with Gasteiger partial charge in [0.2, 0.25) is 17.7 Å². The molecule has 0 aliphatic carbocycles. The van der Waals surface area contributed by atoms with E-state index in [-0.39, 0.29) is 30.1 Å². The number of amides is 3. The second kappa shape index (κ2) is 5.87. The number of anilines is 1. The fraction of sp³-hybridized carbons (Fsp3) is 0.353. The summed E-state index contributed by atoms with van der Waals surface area (Å²) in [6.07, 6.45) is 2.86. The van der Waals surface area contributed by atoms with Gasteiger partial charge in [-0.1, -0.05) is 6.08 Å². The molecule has 1 N–H and O–H groups in total. The zero-order valence-electron chi connectivity index (χ0n) is 13.1. The van der Waals surface area contributed by atoms with Crippen LogP contribution in [0.2, 0.25) is 0 Å². The van der Waals surface area contributed by atoms with Crippen molar-refractivity contribution in [1.29, 1.82) is 0 Å². The third-order valence-electron chi connectivity index (χ3n) is 4.31. The van der Waals surface area contributed by atoms with Gasteiger partial charge in [-0.25, -0.2) is 0 Å². The second-order valence-corrected chi connectivity index (χ2v) is 5.76. The molecule has 120 valence electrons. The zero-order valence-corrected chi connectivity index (χ0v) is 13.1. The third kappa shape index (κ3) is 2.84. The van der Waals surface area contributed by atoms with Crippen LogP contribution in [0.1, 0.15) is 24.8 Å². The Labute approximate surface area is 134 Å². The minimum absolute atomic E-state index is 0.0377. The number of fused-ring (bicyclic) bond motifs is 1. The minimum Gasteiger partial charge on any atom is -0.497 e. The van der Waals surface area contributed by atoms with E-state index >= 15 is 0 Å². The molecule has 1 aromatic rings. The molecule has 3 amide bonds. The number of carbonyl (C=O) groups excluding carboxylic acids is 3. The Kier molecular flexibility index (Phi) is 3.90. The van der Waals surface area contributed by atoms with Crippen LogP contribution in [0.25, 0.3) is 5.57 Å². The predicted octanol–water partition coefficient (Wildman–Crippen LogP) is 1.50. The van der Waals surface area contributed by atoms with Gasteiger partial charge in [-0.05, 0) is 24.1 Å². The highest BCUT2D eigenvalue weighted by atomic mass is 16.5. The maximum absolute atomic E-state index is 12.2. The SMILES string of the molecule is COc1ccc2c(c1)N(C)C(=O)C/C2=C/C1CCC(=O)NC1=O. The van der Waals surface area contributed by atoms with E-state index in [4.69, 9.17) is 4.74 Å². The molecule has 0 aromatic heterocycles. The summed E-state index contributed by atoms with van der Waals surface area (Å²) in [6, 6.07) is 5.54. The van der Waals surface area contributed by atoms with E-state index < -0.39 is 0 Å². The third-order valence-corrected chi connectivity index (χ3v) is 4.31. The Bertz CT molecular complexity index is 723. The number of nitrogens with zero attached hydrogens (tertiary/aromatic N) is 1. The predicted molar refractivity (Wildman–Crippen MR) is 84.9 cm³/mol. The summed E-state index contributed by atoms with van der Waals surface area (Å²) in [7, 11) is 3.30. The van der Waals surface area contributed by atoms with Gasteiger partial charge in [-0.2, -0.15) is 0 Å². The zero-order chi connectivity index (χ0) is 16.6. The summed E-state index contributed by atoms with van der Waals surface area (Å²) in [4.78, 5) is 37.0. The van der Waals surface area contributed by atoms with Crippen molar-refractivity contribution < 1.29 is 19.1 Å². The lowest BCUT2D eigenvalue weighted by Crippen LogP contribution is -2.40. The van der Waals surface area contributed by atoms with E-state index in [1.165, 1.54) is 0 Å². The molecule has 3 rings (SSSR count). The van der Waals surface area contributed by atoms with Crippen molar-refractivity contribution >= 4 is 29.0 Å². The van der Waals surface area contributed by atoms with Gasteiger partial charge < -0.3 is 9.64 Å². The average Bonchev–Trinajstić information content (AvgIpc) is 2.54. The molecule has 2 aliphatic rings. The van der Waals surface area contributed by atoms with Crippen molar-refractivity contribution in [2.75, 3.05) is 19.1 Å². The molecular formula is C17H18N2O4. The van der Waals surface area contributed by atoms with E-state index in [9.17, 15) is 14.4 Å². The fourth-order valence-electron chi connectivity index (χ4n) is 2.96. The largest absolute Gasteiger partial charge is 0.497 e. The highest BCUT2D eigenvalue weighted by Crippen LogP contribution is 2.38. The first-order valence-corrected chi connectivity index (χ1v) is 7.49. The molecule has 1 fully saturated rings. The van der Waals surface area contributed by atoms with Gasteiger partial charge in [0, 0.05) is 25.1 Å². The first kappa shape index (κ1) is 15.3. The number of benzene rings is 1. The van der Waals surface area contributed by atoms with Gasteiger partial charge >= 0.3 is 0 Å². The molecule has 0 spiro atoms. The van der Waals surface area contributed by atoms with Crippen LogP contribution in [0.3, 0.4) is 0 Å². The van der Waals surface area contributed by atoms with E-state index in [1.807, 2.05) is 24.3 Å². The molecule has 1 atom stereocenters. The smallest absolute Gasteiger partial charge is 0.233 e. The van der Waals surface area contributed by atoms with Gasteiger partial charge in [0.15, 0.2) is 0 Å². The monoisotopic (exact) mass is 314 g/mol. The van der Waals surface area contributed by atoms with Crippen LogP contribution in [-0.2, 0) is 14.4 Å². The molecule has 2 aliphatic heterocycles. The molecule has 23 heavy (non-hydrogen) atoms. The van der Waals surface area contributed by atoms with Crippen LogP contribution < -0.4 is 15.0 Å². The lowest BCUT2D eigenvalue weighted by Gasteiger charge is -2.29. The standard InChI is InChI=1S/C17H18N2O4/c1-19-14-9-12(23-2)4-5-13(14)11(8-16(19)21)7-10-3-6-15(20)18-17(10)22/h4-5,7,9-10H,3,6,8H2,1-2H3,(H,18,20,22)/b11-7-. The van der Waals surface area contributed by atoms with Crippen molar-refractivity contribution in [3.63, 3.8) is 0 Å². The van der Waals surface area contributed by atoms with E-state index in [2.05, 4.69) is 5.32 Å². The van der Waals surface area contributed by atoms with Crippen LogP contribution in [0, 0.1) is 5.92 Å². The van der Waals surface area contributed by atoms with Crippen LogP contribution in [0.5, 0.6) is 5.75 Å². The maximum Gasteiger partial charge on any atom is 0.233 e. The van der Waals surface area contributed by atoms with Crippen molar-refractivity contribution in [1.82, 2.24) is 5.32 Å². The maximum atomic E-state index is 12.2. The van der Waals surface area contributed by atoms with Gasteiger partial charge in [0.1, 0.15) is 5.75 Å². The molecule has 0 bridgehead atoms. The topological polar surface area (TPSA) is 75.7 Å². The quantitative estimate of drug-likeness (QED) is 0.839. The Morgan fingerprint density at radius 3 is 2.78 bits per heavy atom. The first-order chi connectivity index (χ1) is 11.0. The van der Waals surface area contributed by atoms with Crippen molar-refractivity contribution in [2.24, 2.45) is 5.92 Å². The summed E-state index contributed by atoms with van der Waals surface area (Å²) < 4.78 is 5.22. The highest BCUT2D eigenvalue weighted by molar-refractivity contribution is 6.07. The van der Waals surface area contributed by atoms with Gasteiger partial charge in [-0.3, -0.25) is 19.7 Å². The molecule has 0 saturated carbocycles. The number of ether oxygens (including phenoxy) is 1. The highest BCUT2D eigenvalue weighted by Gasteiger charge is 2.29. The van der Waals surface area contributed by atoms with E-state index in [0.717, 1.165) is 16.8 Å². The average molecular weight is 314 g/mol. The number of rotatable bonds is 2. The van der Waals surface area contributed by atoms with E-state index in [0.29, 0.717) is 18.6 Å². The van der Waals surface area contributed by atoms with Crippen LogP contribution in [-0.4, -0.2) is 31.9 Å². The minimum atomic E-state index is -0.381. The summed E-state index contributed by atoms with van der Waals surface area (Å²) in [6.45, 7) is 0. The molecule has 6 nitrogen and oxygen atoms in total. The molecular weight excluding hydrogens is 296 g/mol. The molecule has 6 heteroatoms. The second-order valence-electron chi connectivity index (χ2n) is 5.76. The Morgan fingerprint density at radius 2 is 2.09 bits per heavy atom. The molecule has 1 saturated heterocycles. The molecule has 1 unspecified atom stereocenters. The van der Waals surface area contributed by atoms with Crippen LogP contribution >= 0.6 is 0 Å². The molecule has 0 radical (unpaired) electrons. The van der Waals surface area contributed by atoms with Crippen LogP contribution in [0.15, 0.2) is 24.3 Å². The van der Waals surface area contributed by atoms with Crippen LogP contribution in [0.4, 0.5) is 5.69 Å². The Hall–Kier alpha value is -2.63. The van der Waals surface area contributed by atoms with Crippen molar-refractivity contribution in [3.8, 4) is 5.75 Å². The van der Waals surface area contributed by atoms with Gasteiger partial charge in [0.25, 0.3) is 0 Å². The number of nitrogens with one attached hydrogen (secondary N) is 1. The summed E-state index contributed by atoms with van der Waals surface area (Å²) >= 11 is 0. The summed E-state index contributed by atoms with van der Waals surface area (Å²) in [5.41, 5.74) is 2.50. The van der Waals surface area contributed by atoms with Crippen molar-refractivity contribution in [2.45, 2.75) is 19.3 Å². The number of carbonyl (C=O) groups is 3. The first-order valence-electron chi connectivity index (χ1n) is 7.49. The number of methoxy groups -OCH3 is 1. The molecule has 1 aromatic carbocycles. The Morgan fingerprint density at radius 1 is 1.30 bits per heavy atom. The fourth-order valence-corrected chi connectivity index (χ4v) is 2.96. The normalized spacial score (nSPS) is 22.9. The lowest BCUT2D eigenvalue weighted by molar-refractivity contribution is -0.135. The lowest BCUT2D eigenvalue weighted by atomic mass is 9.89. The number of imide groups is 1. The van der Waals surface area contributed by atoms with Crippen molar-refractivity contribution in [3.05, 3.63) is 29.8 Å². The Balaban J connectivity index is 1.99. The van der Waals surface area contributed by atoms with Gasteiger partial charge in [-0.15, -0.1) is 0 Å². The summed E-state index contributed by atoms with van der Waals surface area (Å²) in [5, 5.41) is 2.34. The van der Waals surface area contributed by atoms with E-state index in [1.54, 1.807) is 19.1 Å². The number of hydrogen-bond donors (Lipinski definition) is 1.